The van der Waals surface area contributed by atoms with Crippen molar-refractivity contribution in [3.63, 3.8) is 0 Å². The van der Waals surface area contributed by atoms with Gasteiger partial charge in [-0.3, -0.25) is 0 Å². The van der Waals surface area contributed by atoms with E-state index in [4.69, 9.17) is 15.2 Å². The summed E-state index contributed by atoms with van der Waals surface area (Å²) in [6, 6.07) is 3.86. The average Bonchev–Trinajstić information content (AvgIpc) is 2.81. The van der Waals surface area contributed by atoms with Gasteiger partial charge in [-0.15, -0.1) is 0 Å². The standard InChI is InChI=1S/C14H20N2O2/c1-14(2,8-15)10-7-16-11-5-9(17-3)6-12(18-4)13(10)11/h5-7,16H,8,15H2,1-4H3. The maximum absolute atomic E-state index is 5.86. The summed E-state index contributed by atoms with van der Waals surface area (Å²) in [6.07, 6.45) is 2.00. The van der Waals surface area contributed by atoms with Crippen LogP contribution < -0.4 is 15.2 Å². The second-order valence-electron chi connectivity index (χ2n) is 5.04. The van der Waals surface area contributed by atoms with Crippen molar-refractivity contribution in [2.75, 3.05) is 20.8 Å². The molecule has 0 aliphatic carbocycles. The van der Waals surface area contributed by atoms with E-state index in [9.17, 15) is 0 Å². The fraction of sp³-hybridized carbons (Fsp3) is 0.429. The maximum Gasteiger partial charge on any atom is 0.132 e. The van der Waals surface area contributed by atoms with Crippen LogP contribution in [0.4, 0.5) is 0 Å². The van der Waals surface area contributed by atoms with Crippen molar-refractivity contribution in [2.24, 2.45) is 5.73 Å². The molecule has 1 heterocycles. The fourth-order valence-corrected chi connectivity index (χ4v) is 2.13. The molecule has 0 bridgehead atoms. The van der Waals surface area contributed by atoms with Gasteiger partial charge in [-0.05, 0) is 5.56 Å². The quantitative estimate of drug-likeness (QED) is 0.873. The molecule has 0 spiro atoms. The summed E-state index contributed by atoms with van der Waals surface area (Å²) in [5.74, 6) is 1.58. The molecular weight excluding hydrogens is 228 g/mol. The summed E-state index contributed by atoms with van der Waals surface area (Å²) in [4.78, 5) is 3.26. The molecule has 3 N–H and O–H groups in total. The third kappa shape index (κ3) is 1.93. The summed E-state index contributed by atoms with van der Waals surface area (Å²) < 4.78 is 10.7. The molecule has 0 aliphatic rings. The number of aromatic nitrogens is 1. The van der Waals surface area contributed by atoms with Crippen LogP contribution in [0.1, 0.15) is 19.4 Å². The van der Waals surface area contributed by atoms with Gasteiger partial charge in [-0.2, -0.15) is 0 Å². The summed E-state index contributed by atoms with van der Waals surface area (Å²) in [6.45, 7) is 4.83. The number of rotatable bonds is 4. The van der Waals surface area contributed by atoms with Crippen molar-refractivity contribution >= 4 is 10.9 Å². The van der Waals surface area contributed by atoms with E-state index in [1.165, 1.54) is 5.56 Å². The summed E-state index contributed by atoms with van der Waals surface area (Å²) in [5, 5.41) is 1.08. The first-order valence-electron chi connectivity index (χ1n) is 5.97. The molecule has 4 nitrogen and oxygen atoms in total. The maximum atomic E-state index is 5.86. The number of hydrogen-bond donors (Lipinski definition) is 2. The number of methoxy groups -OCH3 is 2. The van der Waals surface area contributed by atoms with Gasteiger partial charge in [0.25, 0.3) is 0 Å². The van der Waals surface area contributed by atoms with Gasteiger partial charge in [0.15, 0.2) is 0 Å². The number of fused-ring (bicyclic) bond motifs is 1. The number of benzene rings is 1. The van der Waals surface area contributed by atoms with E-state index in [-0.39, 0.29) is 5.41 Å². The van der Waals surface area contributed by atoms with Crippen LogP contribution in [-0.2, 0) is 5.41 Å². The van der Waals surface area contributed by atoms with Crippen LogP contribution >= 0.6 is 0 Å². The Morgan fingerprint density at radius 2 is 1.94 bits per heavy atom. The number of nitrogens with two attached hydrogens (primary N) is 1. The third-order valence-corrected chi connectivity index (χ3v) is 3.41. The molecule has 1 aromatic heterocycles. The van der Waals surface area contributed by atoms with Crippen LogP contribution in [-0.4, -0.2) is 25.7 Å². The van der Waals surface area contributed by atoms with E-state index < -0.39 is 0 Å². The Morgan fingerprint density at radius 1 is 1.22 bits per heavy atom. The lowest BCUT2D eigenvalue weighted by atomic mass is 9.84. The van der Waals surface area contributed by atoms with Crippen molar-refractivity contribution < 1.29 is 9.47 Å². The molecule has 1 aromatic carbocycles. The van der Waals surface area contributed by atoms with E-state index in [1.54, 1.807) is 14.2 Å². The van der Waals surface area contributed by atoms with E-state index in [0.29, 0.717) is 6.54 Å². The molecule has 0 unspecified atom stereocenters. The first-order chi connectivity index (χ1) is 8.53. The second kappa shape index (κ2) is 4.53. The Balaban J connectivity index is 2.72. The minimum atomic E-state index is -0.0971. The van der Waals surface area contributed by atoms with Crippen LogP contribution in [0.3, 0.4) is 0 Å². The molecule has 0 saturated carbocycles. The molecule has 0 atom stereocenters. The zero-order chi connectivity index (χ0) is 13.3. The third-order valence-electron chi connectivity index (χ3n) is 3.41. The number of nitrogens with one attached hydrogen (secondary N) is 1. The van der Waals surface area contributed by atoms with E-state index >= 15 is 0 Å². The van der Waals surface area contributed by atoms with Crippen LogP contribution in [0, 0.1) is 0 Å². The molecule has 2 aromatic rings. The van der Waals surface area contributed by atoms with Crippen molar-refractivity contribution in [3.8, 4) is 11.5 Å². The first-order valence-corrected chi connectivity index (χ1v) is 5.97. The molecule has 0 radical (unpaired) electrons. The monoisotopic (exact) mass is 248 g/mol. The molecule has 4 heteroatoms. The van der Waals surface area contributed by atoms with Crippen LogP contribution in [0.15, 0.2) is 18.3 Å². The van der Waals surface area contributed by atoms with Crippen molar-refractivity contribution in [1.82, 2.24) is 4.98 Å². The van der Waals surface area contributed by atoms with Crippen LogP contribution in [0.25, 0.3) is 10.9 Å². The Kier molecular flexibility index (Phi) is 3.22. The van der Waals surface area contributed by atoms with Gasteiger partial charge in [-0.1, -0.05) is 13.8 Å². The minimum absolute atomic E-state index is 0.0971. The Hall–Kier alpha value is -1.68. The summed E-state index contributed by atoms with van der Waals surface area (Å²) >= 11 is 0. The zero-order valence-corrected chi connectivity index (χ0v) is 11.3. The van der Waals surface area contributed by atoms with Crippen molar-refractivity contribution in [1.29, 1.82) is 0 Å². The molecule has 0 saturated heterocycles. The van der Waals surface area contributed by atoms with Gasteiger partial charge in [-0.25, -0.2) is 0 Å². The Morgan fingerprint density at radius 3 is 2.50 bits per heavy atom. The summed E-state index contributed by atoms with van der Waals surface area (Å²) in [7, 11) is 3.31. The summed E-state index contributed by atoms with van der Waals surface area (Å²) in [5.41, 5.74) is 7.93. The molecule has 18 heavy (non-hydrogen) atoms. The lowest BCUT2D eigenvalue weighted by Gasteiger charge is -2.22. The SMILES string of the molecule is COc1cc(OC)c2c(C(C)(C)CN)c[nH]c2c1. The molecule has 0 fully saturated rings. The predicted molar refractivity (Wildman–Crippen MR) is 73.5 cm³/mol. The number of ether oxygens (including phenoxy) is 2. The van der Waals surface area contributed by atoms with Gasteiger partial charge in [0, 0.05) is 35.7 Å². The van der Waals surface area contributed by atoms with E-state index in [2.05, 4.69) is 18.8 Å². The van der Waals surface area contributed by atoms with Gasteiger partial charge in [0.05, 0.1) is 19.7 Å². The van der Waals surface area contributed by atoms with Crippen LogP contribution in [0.5, 0.6) is 11.5 Å². The molecule has 2 rings (SSSR count). The van der Waals surface area contributed by atoms with Gasteiger partial charge < -0.3 is 20.2 Å². The molecule has 0 aliphatic heterocycles. The Labute approximate surface area is 107 Å². The predicted octanol–water partition coefficient (Wildman–Crippen LogP) is 2.42. The highest BCUT2D eigenvalue weighted by Gasteiger charge is 2.24. The van der Waals surface area contributed by atoms with Gasteiger partial charge >= 0.3 is 0 Å². The fourth-order valence-electron chi connectivity index (χ4n) is 2.13. The highest BCUT2D eigenvalue weighted by atomic mass is 16.5. The van der Waals surface area contributed by atoms with Gasteiger partial charge in [0.1, 0.15) is 11.5 Å². The molecule has 0 amide bonds. The zero-order valence-electron chi connectivity index (χ0n) is 11.3. The van der Waals surface area contributed by atoms with Crippen molar-refractivity contribution in [3.05, 3.63) is 23.9 Å². The highest BCUT2D eigenvalue weighted by Crippen LogP contribution is 2.38. The first kappa shape index (κ1) is 12.8. The molecular formula is C14H20N2O2. The lowest BCUT2D eigenvalue weighted by Crippen LogP contribution is -2.27. The van der Waals surface area contributed by atoms with E-state index in [1.807, 2.05) is 18.3 Å². The van der Waals surface area contributed by atoms with E-state index in [0.717, 1.165) is 22.4 Å². The normalized spacial score (nSPS) is 11.8. The lowest BCUT2D eigenvalue weighted by molar-refractivity contribution is 0.397. The van der Waals surface area contributed by atoms with Crippen LogP contribution in [0.2, 0.25) is 0 Å². The molecule has 98 valence electrons. The average molecular weight is 248 g/mol. The highest BCUT2D eigenvalue weighted by molar-refractivity contribution is 5.91. The number of H-pyrrole nitrogens is 1. The number of hydrogen-bond acceptors (Lipinski definition) is 3. The Bertz CT molecular complexity index is 558. The second-order valence-corrected chi connectivity index (χ2v) is 5.04. The smallest absolute Gasteiger partial charge is 0.132 e. The van der Waals surface area contributed by atoms with Gasteiger partial charge in [0.2, 0.25) is 0 Å². The number of aromatic amines is 1. The van der Waals surface area contributed by atoms with Crippen molar-refractivity contribution in [2.45, 2.75) is 19.3 Å². The largest absolute Gasteiger partial charge is 0.497 e. The minimum Gasteiger partial charge on any atom is -0.497 e. The topological polar surface area (TPSA) is 60.3 Å².